The Balaban J connectivity index is 1.91. The van der Waals surface area contributed by atoms with Crippen LogP contribution in [0.15, 0.2) is 12.1 Å². The van der Waals surface area contributed by atoms with E-state index in [2.05, 4.69) is 38.0 Å². The molecule has 0 bridgehead atoms. The maximum Gasteiger partial charge on any atom is 0.263 e. The predicted octanol–water partition coefficient (Wildman–Crippen LogP) is 3.35. The minimum Gasteiger partial charge on any atom is -0.397 e. The monoisotopic (exact) mass is 303 g/mol. The molecule has 0 aromatic carbocycles. The van der Waals surface area contributed by atoms with E-state index in [1.165, 1.54) is 11.3 Å². The Morgan fingerprint density at radius 3 is 2.48 bits per heavy atom. The molecule has 3 N–H and O–H groups in total. The SMILES string of the molecule is Cc1ccc2c(N)c(C(=O)NC3C(C)(C)C3(C)C)sc2n1. The van der Waals surface area contributed by atoms with Crippen LogP contribution in [-0.2, 0) is 0 Å². The number of rotatable bonds is 2. The molecule has 1 amide bonds. The van der Waals surface area contributed by atoms with Crippen LogP contribution in [0.2, 0.25) is 0 Å². The zero-order valence-electron chi connectivity index (χ0n) is 13.1. The second-order valence-electron chi connectivity index (χ2n) is 7.00. The quantitative estimate of drug-likeness (QED) is 0.894. The van der Waals surface area contributed by atoms with Crippen LogP contribution in [0.5, 0.6) is 0 Å². The summed E-state index contributed by atoms with van der Waals surface area (Å²) in [5, 5.41) is 4.00. The summed E-state index contributed by atoms with van der Waals surface area (Å²) < 4.78 is 0. The predicted molar refractivity (Wildman–Crippen MR) is 87.6 cm³/mol. The Hall–Kier alpha value is -1.62. The number of nitrogens with two attached hydrogens (primary N) is 1. The molecule has 0 saturated heterocycles. The molecule has 112 valence electrons. The Kier molecular flexibility index (Phi) is 2.86. The Morgan fingerprint density at radius 2 is 1.90 bits per heavy atom. The van der Waals surface area contributed by atoms with Crippen LogP contribution >= 0.6 is 11.3 Å². The number of anilines is 1. The van der Waals surface area contributed by atoms with Crippen molar-refractivity contribution in [1.29, 1.82) is 0 Å². The minimum absolute atomic E-state index is 0.0863. The molecular weight excluding hydrogens is 282 g/mol. The molecule has 21 heavy (non-hydrogen) atoms. The van der Waals surface area contributed by atoms with E-state index in [-0.39, 0.29) is 22.8 Å². The van der Waals surface area contributed by atoms with Crippen molar-refractivity contribution in [2.24, 2.45) is 10.8 Å². The normalized spacial score (nSPS) is 19.7. The molecule has 1 saturated carbocycles. The Bertz CT molecular complexity index is 731. The number of hydrogen-bond acceptors (Lipinski definition) is 4. The summed E-state index contributed by atoms with van der Waals surface area (Å²) in [6.07, 6.45) is 0. The highest BCUT2D eigenvalue weighted by molar-refractivity contribution is 7.21. The van der Waals surface area contributed by atoms with Gasteiger partial charge in [0, 0.05) is 17.1 Å². The summed E-state index contributed by atoms with van der Waals surface area (Å²) in [4.78, 5) is 18.4. The van der Waals surface area contributed by atoms with Crippen LogP contribution < -0.4 is 11.1 Å². The lowest BCUT2D eigenvalue weighted by molar-refractivity contribution is 0.0948. The Labute approximate surface area is 128 Å². The van der Waals surface area contributed by atoms with Crippen molar-refractivity contribution in [1.82, 2.24) is 10.3 Å². The molecule has 4 nitrogen and oxygen atoms in total. The lowest BCUT2D eigenvalue weighted by Gasteiger charge is -2.05. The zero-order valence-corrected chi connectivity index (χ0v) is 13.9. The average Bonchev–Trinajstić information content (AvgIpc) is 2.69. The third-order valence-electron chi connectivity index (χ3n) is 5.24. The lowest BCUT2D eigenvalue weighted by Crippen LogP contribution is -2.29. The number of nitrogens with zero attached hydrogens (tertiary/aromatic N) is 1. The molecule has 1 aliphatic rings. The van der Waals surface area contributed by atoms with E-state index in [9.17, 15) is 4.79 Å². The molecule has 0 radical (unpaired) electrons. The number of aromatic nitrogens is 1. The van der Waals surface area contributed by atoms with Gasteiger partial charge in [0.2, 0.25) is 0 Å². The van der Waals surface area contributed by atoms with Crippen molar-refractivity contribution < 1.29 is 4.79 Å². The number of thiophene rings is 1. The highest BCUT2D eigenvalue weighted by atomic mass is 32.1. The number of hydrogen-bond donors (Lipinski definition) is 2. The van der Waals surface area contributed by atoms with Gasteiger partial charge in [0.25, 0.3) is 5.91 Å². The van der Waals surface area contributed by atoms with E-state index in [0.29, 0.717) is 10.6 Å². The Morgan fingerprint density at radius 1 is 1.29 bits per heavy atom. The van der Waals surface area contributed by atoms with Gasteiger partial charge >= 0.3 is 0 Å². The van der Waals surface area contributed by atoms with Crippen LogP contribution in [0.1, 0.15) is 43.1 Å². The van der Waals surface area contributed by atoms with Gasteiger partial charge in [-0.25, -0.2) is 4.98 Å². The van der Waals surface area contributed by atoms with Crippen molar-refractivity contribution >= 4 is 33.1 Å². The van der Waals surface area contributed by atoms with Crippen molar-refractivity contribution in [3.63, 3.8) is 0 Å². The third-order valence-corrected chi connectivity index (χ3v) is 6.35. The summed E-state index contributed by atoms with van der Waals surface area (Å²) in [5.74, 6) is -0.0863. The summed E-state index contributed by atoms with van der Waals surface area (Å²) in [7, 11) is 0. The fraction of sp³-hybridized carbons (Fsp3) is 0.500. The molecule has 3 rings (SSSR count). The van der Waals surface area contributed by atoms with Crippen LogP contribution in [0, 0.1) is 17.8 Å². The second kappa shape index (κ2) is 4.19. The van der Waals surface area contributed by atoms with Crippen LogP contribution in [0.25, 0.3) is 10.2 Å². The van der Waals surface area contributed by atoms with Gasteiger partial charge in [-0.15, -0.1) is 11.3 Å². The molecule has 2 aromatic rings. The first-order chi connectivity index (χ1) is 9.66. The van der Waals surface area contributed by atoms with Gasteiger partial charge in [0.05, 0.1) is 5.69 Å². The smallest absolute Gasteiger partial charge is 0.263 e. The second-order valence-corrected chi connectivity index (χ2v) is 8.00. The molecule has 1 fully saturated rings. The fourth-order valence-electron chi connectivity index (χ4n) is 3.01. The van der Waals surface area contributed by atoms with Gasteiger partial charge in [-0.3, -0.25) is 4.79 Å². The highest BCUT2D eigenvalue weighted by Crippen LogP contribution is 2.62. The maximum atomic E-state index is 12.5. The summed E-state index contributed by atoms with van der Waals surface area (Å²) >= 11 is 1.37. The first-order valence-corrected chi connectivity index (χ1v) is 7.94. The molecule has 2 aromatic heterocycles. The number of amides is 1. The fourth-order valence-corrected chi connectivity index (χ4v) is 4.05. The standard InChI is InChI=1S/C16H21N3OS/c1-8-6-7-9-10(17)11(21-13(9)18-8)12(20)19-14-15(2,3)16(14,4)5/h6-7,14H,17H2,1-5H3,(H,19,20). The first kappa shape index (κ1) is 14.3. The van der Waals surface area contributed by atoms with Crippen LogP contribution in [-0.4, -0.2) is 16.9 Å². The minimum atomic E-state index is -0.0863. The van der Waals surface area contributed by atoms with Gasteiger partial charge in [0.15, 0.2) is 0 Å². The van der Waals surface area contributed by atoms with E-state index in [1.54, 1.807) is 0 Å². The number of carbonyl (C=O) groups is 1. The van der Waals surface area contributed by atoms with Crippen molar-refractivity contribution in [3.8, 4) is 0 Å². The zero-order chi connectivity index (χ0) is 15.6. The number of aryl methyl sites for hydroxylation is 1. The van der Waals surface area contributed by atoms with E-state index >= 15 is 0 Å². The van der Waals surface area contributed by atoms with Gasteiger partial charge < -0.3 is 11.1 Å². The summed E-state index contributed by atoms with van der Waals surface area (Å²) in [6.45, 7) is 10.6. The third kappa shape index (κ3) is 1.94. The van der Waals surface area contributed by atoms with Crippen LogP contribution in [0.4, 0.5) is 5.69 Å². The number of pyridine rings is 1. The molecular formula is C16H21N3OS. The van der Waals surface area contributed by atoms with Gasteiger partial charge in [-0.05, 0) is 29.9 Å². The number of nitrogens with one attached hydrogen (secondary N) is 1. The molecule has 5 heteroatoms. The maximum absolute atomic E-state index is 12.5. The van der Waals surface area contributed by atoms with E-state index in [0.717, 1.165) is 15.9 Å². The molecule has 0 aliphatic heterocycles. The summed E-state index contributed by atoms with van der Waals surface area (Å²) in [6, 6.07) is 4.03. The van der Waals surface area contributed by atoms with Crippen molar-refractivity contribution in [2.75, 3.05) is 5.73 Å². The number of fused-ring (bicyclic) bond motifs is 1. The number of nitrogen functional groups attached to an aromatic ring is 1. The van der Waals surface area contributed by atoms with Crippen LogP contribution in [0.3, 0.4) is 0 Å². The number of carbonyl (C=O) groups excluding carboxylic acids is 1. The van der Waals surface area contributed by atoms with E-state index in [4.69, 9.17) is 5.73 Å². The molecule has 0 spiro atoms. The molecule has 0 atom stereocenters. The summed E-state index contributed by atoms with van der Waals surface area (Å²) in [5.41, 5.74) is 7.83. The topological polar surface area (TPSA) is 68.0 Å². The van der Waals surface area contributed by atoms with Crippen molar-refractivity contribution in [3.05, 3.63) is 22.7 Å². The van der Waals surface area contributed by atoms with Gasteiger partial charge in [0.1, 0.15) is 9.71 Å². The van der Waals surface area contributed by atoms with E-state index in [1.807, 2.05) is 19.1 Å². The van der Waals surface area contributed by atoms with E-state index < -0.39 is 0 Å². The molecule has 2 heterocycles. The van der Waals surface area contributed by atoms with Gasteiger partial charge in [-0.2, -0.15) is 0 Å². The molecule has 0 unspecified atom stereocenters. The highest BCUT2D eigenvalue weighted by Gasteiger charge is 2.65. The van der Waals surface area contributed by atoms with Crippen molar-refractivity contribution in [2.45, 2.75) is 40.7 Å². The van der Waals surface area contributed by atoms with Gasteiger partial charge in [-0.1, -0.05) is 27.7 Å². The lowest BCUT2D eigenvalue weighted by atomic mass is 10.0. The largest absolute Gasteiger partial charge is 0.397 e. The first-order valence-electron chi connectivity index (χ1n) is 7.12. The molecule has 1 aliphatic carbocycles. The average molecular weight is 303 g/mol.